The van der Waals surface area contributed by atoms with Crippen LogP contribution in [0.4, 0.5) is 0 Å². The minimum Gasteiger partial charge on any atom is -0.313 e. The van der Waals surface area contributed by atoms with E-state index in [1.165, 1.54) is 29.9 Å². The Morgan fingerprint density at radius 1 is 1.53 bits per heavy atom. The minimum atomic E-state index is 0.740. The largest absolute Gasteiger partial charge is 0.313 e. The molecule has 1 nitrogen and oxygen atoms in total. The molecule has 0 bridgehead atoms. The summed E-state index contributed by atoms with van der Waals surface area (Å²) in [5, 5.41) is 6.65. The Bertz CT molecular complexity index is 271. The minimum absolute atomic E-state index is 0.740. The third kappa shape index (κ3) is 3.51. The number of hydrogen-bond donors (Lipinski definition) is 1. The lowest BCUT2D eigenvalue weighted by Crippen LogP contribution is -2.40. The normalized spacial score (nSPS) is 26.7. The van der Waals surface area contributed by atoms with Gasteiger partial charge in [-0.05, 0) is 36.5 Å². The topological polar surface area (TPSA) is 12.0 Å². The number of rotatable bonds is 4. The molecule has 2 rings (SSSR count). The van der Waals surface area contributed by atoms with E-state index in [2.05, 4.69) is 41.5 Å². The van der Waals surface area contributed by atoms with Gasteiger partial charge in [-0.3, -0.25) is 0 Å². The SMILES string of the molecule is CC1SCCCC1NCCc1cccs1. The van der Waals surface area contributed by atoms with Crippen LogP contribution in [-0.4, -0.2) is 23.6 Å². The van der Waals surface area contributed by atoms with E-state index < -0.39 is 0 Å². The number of nitrogens with one attached hydrogen (secondary N) is 1. The molecule has 0 aliphatic carbocycles. The molecule has 0 aromatic carbocycles. The molecule has 0 spiro atoms. The summed E-state index contributed by atoms with van der Waals surface area (Å²) in [5.41, 5.74) is 0. The first kappa shape index (κ1) is 11.5. The van der Waals surface area contributed by atoms with E-state index in [1.807, 2.05) is 11.3 Å². The molecule has 2 unspecified atom stereocenters. The number of thiophene rings is 1. The van der Waals surface area contributed by atoms with E-state index in [-0.39, 0.29) is 0 Å². The van der Waals surface area contributed by atoms with Gasteiger partial charge in [0.15, 0.2) is 0 Å². The van der Waals surface area contributed by atoms with Crippen LogP contribution in [0.15, 0.2) is 17.5 Å². The molecule has 84 valence electrons. The van der Waals surface area contributed by atoms with Crippen LogP contribution in [0.2, 0.25) is 0 Å². The first-order valence-corrected chi connectivity index (χ1v) is 7.66. The van der Waals surface area contributed by atoms with Crippen molar-refractivity contribution in [1.82, 2.24) is 5.32 Å². The molecule has 3 heteroatoms. The van der Waals surface area contributed by atoms with E-state index in [0.29, 0.717) is 0 Å². The lowest BCUT2D eigenvalue weighted by atomic mass is 10.1. The van der Waals surface area contributed by atoms with Crippen molar-refractivity contribution in [3.63, 3.8) is 0 Å². The van der Waals surface area contributed by atoms with Gasteiger partial charge in [0.05, 0.1) is 0 Å². The van der Waals surface area contributed by atoms with Crippen molar-refractivity contribution < 1.29 is 0 Å². The van der Waals surface area contributed by atoms with Crippen molar-refractivity contribution >= 4 is 23.1 Å². The molecule has 1 saturated heterocycles. The number of thioether (sulfide) groups is 1. The molecule has 0 radical (unpaired) electrons. The molecular formula is C12H19NS2. The third-order valence-electron chi connectivity index (χ3n) is 2.96. The fourth-order valence-corrected chi connectivity index (χ4v) is 3.91. The summed E-state index contributed by atoms with van der Waals surface area (Å²) in [4.78, 5) is 1.50. The maximum absolute atomic E-state index is 3.70. The number of hydrogen-bond acceptors (Lipinski definition) is 3. The molecule has 2 heterocycles. The highest BCUT2D eigenvalue weighted by Gasteiger charge is 2.20. The Labute approximate surface area is 101 Å². The highest BCUT2D eigenvalue weighted by molar-refractivity contribution is 7.99. The highest BCUT2D eigenvalue weighted by Crippen LogP contribution is 2.24. The molecular weight excluding hydrogens is 222 g/mol. The summed E-state index contributed by atoms with van der Waals surface area (Å²) in [6, 6.07) is 5.11. The zero-order chi connectivity index (χ0) is 10.5. The van der Waals surface area contributed by atoms with Crippen LogP contribution in [0.5, 0.6) is 0 Å². The molecule has 1 aromatic rings. The monoisotopic (exact) mass is 241 g/mol. The highest BCUT2D eigenvalue weighted by atomic mass is 32.2. The second-order valence-electron chi connectivity index (χ2n) is 4.11. The van der Waals surface area contributed by atoms with Gasteiger partial charge in [0.25, 0.3) is 0 Å². The van der Waals surface area contributed by atoms with E-state index in [4.69, 9.17) is 0 Å². The summed E-state index contributed by atoms with van der Waals surface area (Å²) < 4.78 is 0. The Balaban J connectivity index is 1.68. The Hall–Kier alpha value is 0.01000. The van der Waals surface area contributed by atoms with Crippen LogP contribution < -0.4 is 5.32 Å². The second kappa shape index (κ2) is 5.92. The fraction of sp³-hybridized carbons (Fsp3) is 0.667. The van der Waals surface area contributed by atoms with E-state index in [1.54, 1.807) is 0 Å². The standard InChI is InChI=1S/C12H19NS2/c1-10-12(5-3-8-14-10)13-7-6-11-4-2-9-15-11/h2,4,9-10,12-13H,3,5-8H2,1H3. The second-order valence-corrected chi connectivity index (χ2v) is 6.63. The smallest absolute Gasteiger partial charge is 0.0184 e. The molecule has 2 atom stereocenters. The predicted octanol–water partition coefficient (Wildman–Crippen LogP) is 3.16. The van der Waals surface area contributed by atoms with Crippen molar-refractivity contribution in [2.24, 2.45) is 0 Å². The summed E-state index contributed by atoms with van der Waals surface area (Å²) >= 11 is 3.98. The molecule has 0 amide bonds. The molecule has 15 heavy (non-hydrogen) atoms. The maximum Gasteiger partial charge on any atom is 0.0184 e. The van der Waals surface area contributed by atoms with Gasteiger partial charge in [0.1, 0.15) is 0 Å². The zero-order valence-electron chi connectivity index (χ0n) is 9.24. The Morgan fingerprint density at radius 2 is 2.47 bits per heavy atom. The van der Waals surface area contributed by atoms with Gasteiger partial charge >= 0.3 is 0 Å². The Morgan fingerprint density at radius 3 is 3.20 bits per heavy atom. The zero-order valence-corrected chi connectivity index (χ0v) is 10.9. The summed E-state index contributed by atoms with van der Waals surface area (Å²) in [6.07, 6.45) is 3.93. The van der Waals surface area contributed by atoms with E-state index >= 15 is 0 Å². The van der Waals surface area contributed by atoms with Gasteiger partial charge in [0, 0.05) is 22.7 Å². The quantitative estimate of drug-likeness (QED) is 0.869. The first-order chi connectivity index (χ1) is 7.36. The van der Waals surface area contributed by atoms with Gasteiger partial charge in [-0.15, -0.1) is 11.3 Å². The first-order valence-electron chi connectivity index (χ1n) is 5.73. The van der Waals surface area contributed by atoms with Gasteiger partial charge in [-0.2, -0.15) is 11.8 Å². The van der Waals surface area contributed by atoms with Gasteiger partial charge in [0.2, 0.25) is 0 Å². The Kier molecular flexibility index (Phi) is 4.54. The molecule has 1 N–H and O–H groups in total. The van der Waals surface area contributed by atoms with Crippen molar-refractivity contribution in [1.29, 1.82) is 0 Å². The van der Waals surface area contributed by atoms with E-state index in [9.17, 15) is 0 Å². The average molecular weight is 241 g/mol. The van der Waals surface area contributed by atoms with Crippen LogP contribution in [0.25, 0.3) is 0 Å². The van der Waals surface area contributed by atoms with Crippen molar-refractivity contribution in [3.8, 4) is 0 Å². The van der Waals surface area contributed by atoms with Crippen molar-refractivity contribution in [2.75, 3.05) is 12.3 Å². The predicted molar refractivity (Wildman–Crippen MR) is 71.0 cm³/mol. The van der Waals surface area contributed by atoms with Crippen LogP contribution in [-0.2, 0) is 6.42 Å². The van der Waals surface area contributed by atoms with Crippen LogP contribution in [0.3, 0.4) is 0 Å². The summed E-state index contributed by atoms with van der Waals surface area (Å²) in [5.74, 6) is 1.35. The van der Waals surface area contributed by atoms with Crippen LogP contribution >= 0.6 is 23.1 Å². The molecule has 1 aromatic heterocycles. The molecule has 1 fully saturated rings. The molecule has 1 aliphatic rings. The van der Waals surface area contributed by atoms with Crippen LogP contribution in [0, 0.1) is 0 Å². The van der Waals surface area contributed by atoms with Gasteiger partial charge < -0.3 is 5.32 Å². The summed E-state index contributed by atoms with van der Waals surface area (Å²) in [7, 11) is 0. The lowest BCUT2D eigenvalue weighted by Gasteiger charge is -2.29. The van der Waals surface area contributed by atoms with E-state index in [0.717, 1.165) is 17.8 Å². The summed E-state index contributed by atoms with van der Waals surface area (Å²) in [6.45, 7) is 3.49. The van der Waals surface area contributed by atoms with Crippen molar-refractivity contribution in [3.05, 3.63) is 22.4 Å². The maximum atomic E-state index is 3.70. The average Bonchev–Trinajstić information content (AvgIpc) is 2.74. The lowest BCUT2D eigenvalue weighted by molar-refractivity contribution is 0.466. The van der Waals surface area contributed by atoms with Gasteiger partial charge in [-0.1, -0.05) is 13.0 Å². The van der Waals surface area contributed by atoms with Crippen LogP contribution in [0.1, 0.15) is 24.6 Å². The fourth-order valence-electron chi connectivity index (χ4n) is 2.03. The van der Waals surface area contributed by atoms with Crippen molar-refractivity contribution in [2.45, 2.75) is 37.5 Å². The molecule has 0 saturated carbocycles. The molecule has 1 aliphatic heterocycles. The third-order valence-corrected chi connectivity index (χ3v) is 5.28. The van der Waals surface area contributed by atoms with Gasteiger partial charge in [-0.25, -0.2) is 0 Å².